The molecular formula is C29H37N7O3. The number of amides is 2. The summed E-state index contributed by atoms with van der Waals surface area (Å²) in [6.45, 7) is 4.22. The van der Waals surface area contributed by atoms with Gasteiger partial charge in [0.2, 0.25) is 17.8 Å². The van der Waals surface area contributed by atoms with Crippen molar-refractivity contribution < 1.29 is 14.8 Å². The molecule has 2 aromatic carbocycles. The van der Waals surface area contributed by atoms with Crippen molar-refractivity contribution in [1.29, 1.82) is 0 Å². The molecule has 0 unspecified atom stereocenters. The third kappa shape index (κ3) is 8.76. The maximum atomic E-state index is 12.3. The zero-order chi connectivity index (χ0) is 27.5. The van der Waals surface area contributed by atoms with E-state index in [1.165, 1.54) is 5.69 Å². The minimum atomic E-state index is -0.378. The number of likely N-dealkylation sites (N-methyl/N-ethyl adjacent to an activating group) is 1. The van der Waals surface area contributed by atoms with Gasteiger partial charge in [0, 0.05) is 67.8 Å². The van der Waals surface area contributed by atoms with Crippen LogP contribution in [0.25, 0.3) is 11.3 Å². The highest BCUT2D eigenvalue weighted by molar-refractivity contribution is 5.90. The summed E-state index contributed by atoms with van der Waals surface area (Å²) in [6, 6.07) is 17.8. The predicted molar refractivity (Wildman–Crippen MR) is 153 cm³/mol. The summed E-state index contributed by atoms with van der Waals surface area (Å²) in [5.74, 6) is 0.106. The van der Waals surface area contributed by atoms with Gasteiger partial charge in [-0.25, -0.2) is 15.4 Å². The summed E-state index contributed by atoms with van der Waals surface area (Å²) < 4.78 is 0. The van der Waals surface area contributed by atoms with E-state index >= 15 is 0 Å². The number of rotatable bonds is 12. The van der Waals surface area contributed by atoms with E-state index in [0.29, 0.717) is 25.2 Å². The minimum absolute atomic E-state index is 0.0389. The number of hydrogen-bond acceptors (Lipinski definition) is 8. The molecule has 2 amide bonds. The predicted octanol–water partition coefficient (Wildman–Crippen LogP) is 4.42. The van der Waals surface area contributed by atoms with Gasteiger partial charge in [0.1, 0.15) is 0 Å². The Morgan fingerprint density at radius 3 is 2.13 bits per heavy atom. The molecule has 0 spiro atoms. The van der Waals surface area contributed by atoms with Gasteiger partial charge in [-0.3, -0.25) is 14.8 Å². The lowest BCUT2D eigenvalue weighted by atomic mass is 10.1. The molecule has 206 valence electrons. The highest BCUT2D eigenvalue weighted by Gasteiger charge is 2.14. The average molecular weight is 532 g/mol. The maximum Gasteiger partial charge on any atom is 0.243 e. The molecule has 1 fully saturated rings. The molecule has 4 rings (SSSR count). The smallest absolute Gasteiger partial charge is 0.243 e. The van der Waals surface area contributed by atoms with E-state index in [0.717, 1.165) is 68.1 Å². The second-order valence-corrected chi connectivity index (χ2v) is 9.80. The Labute approximate surface area is 229 Å². The van der Waals surface area contributed by atoms with Gasteiger partial charge in [-0.05, 0) is 62.4 Å². The average Bonchev–Trinajstić information content (AvgIpc) is 2.96. The Morgan fingerprint density at radius 2 is 1.46 bits per heavy atom. The maximum absolute atomic E-state index is 12.3. The van der Waals surface area contributed by atoms with E-state index in [2.05, 4.69) is 61.7 Å². The first-order valence-electron chi connectivity index (χ1n) is 13.5. The van der Waals surface area contributed by atoms with Crippen LogP contribution in [-0.4, -0.2) is 65.1 Å². The fourth-order valence-electron chi connectivity index (χ4n) is 4.46. The molecule has 39 heavy (non-hydrogen) atoms. The molecule has 1 aliphatic rings. The molecule has 2 heterocycles. The summed E-state index contributed by atoms with van der Waals surface area (Å²) in [6.07, 6.45) is 5.59. The second-order valence-electron chi connectivity index (χ2n) is 9.80. The van der Waals surface area contributed by atoms with Gasteiger partial charge in [0.25, 0.3) is 0 Å². The number of hydrogen-bond donors (Lipinski definition) is 4. The van der Waals surface area contributed by atoms with Crippen LogP contribution in [0.2, 0.25) is 0 Å². The van der Waals surface area contributed by atoms with E-state index in [4.69, 9.17) is 5.21 Å². The molecule has 0 atom stereocenters. The lowest BCUT2D eigenvalue weighted by Gasteiger charge is -2.34. The molecule has 0 aliphatic carbocycles. The minimum Gasteiger partial charge on any atom is -0.369 e. The van der Waals surface area contributed by atoms with Crippen LogP contribution in [0.15, 0.2) is 60.8 Å². The third-order valence-electron chi connectivity index (χ3n) is 6.79. The van der Waals surface area contributed by atoms with Crippen LogP contribution in [0, 0.1) is 0 Å². The van der Waals surface area contributed by atoms with E-state index < -0.39 is 0 Å². The SMILES string of the molecule is CN1CCN(c2ccc(Nc3nccc(-c4ccc(NC(=O)CCCCCCC(=O)NO)cc4)n3)cc2)CC1. The number of benzene rings is 2. The standard InChI is InChI=1S/C29H37N7O3/c1-35-18-20-36(21-19-35)25-14-12-24(13-15-25)32-29-30-17-16-26(33-29)22-8-10-23(11-9-22)31-27(37)6-4-2-3-5-7-28(38)34-39/h8-17,39H,2-7,18-21H2,1H3,(H,31,37)(H,34,38)(H,30,32,33). The zero-order valence-electron chi connectivity index (χ0n) is 22.4. The summed E-state index contributed by atoms with van der Waals surface area (Å²) in [7, 11) is 2.16. The van der Waals surface area contributed by atoms with Gasteiger partial charge >= 0.3 is 0 Å². The van der Waals surface area contributed by atoms with Crippen molar-refractivity contribution in [2.45, 2.75) is 38.5 Å². The quantitative estimate of drug-likeness (QED) is 0.154. The van der Waals surface area contributed by atoms with E-state index in [1.807, 2.05) is 30.3 Å². The summed E-state index contributed by atoms with van der Waals surface area (Å²) in [5, 5.41) is 14.7. The summed E-state index contributed by atoms with van der Waals surface area (Å²) in [4.78, 5) is 37.0. The fourth-order valence-corrected chi connectivity index (χ4v) is 4.46. The number of anilines is 4. The normalized spacial score (nSPS) is 13.6. The van der Waals surface area contributed by atoms with Crippen LogP contribution < -0.4 is 21.0 Å². The number of aromatic nitrogens is 2. The number of piperazine rings is 1. The van der Waals surface area contributed by atoms with Crippen LogP contribution in [0.5, 0.6) is 0 Å². The monoisotopic (exact) mass is 531 g/mol. The molecule has 0 saturated carbocycles. The largest absolute Gasteiger partial charge is 0.369 e. The lowest BCUT2D eigenvalue weighted by Crippen LogP contribution is -2.44. The van der Waals surface area contributed by atoms with Crippen molar-refractivity contribution in [2.24, 2.45) is 0 Å². The summed E-state index contributed by atoms with van der Waals surface area (Å²) in [5.41, 5.74) is 6.22. The number of unbranched alkanes of at least 4 members (excludes halogenated alkanes) is 3. The van der Waals surface area contributed by atoms with Crippen molar-refractivity contribution in [3.05, 3.63) is 60.8 Å². The molecule has 0 radical (unpaired) electrons. The summed E-state index contributed by atoms with van der Waals surface area (Å²) >= 11 is 0. The van der Waals surface area contributed by atoms with Crippen LogP contribution in [0.4, 0.5) is 23.0 Å². The number of hydroxylamine groups is 1. The lowest BCUT2D eigenvalue weighted by molar-refractivity contribution is -0.129. The molecule has 4 N–H and O–H groups in total. The van der Waals surface area contributed by atoms with Crippen molar-refractivity contribution >= 4 is 34.8 Å². The van der Waals surface area contributed by atoms with Crippen molar-refractivity contribution in [3.63, 3.8) is 0 Å². The fraction of sp³-hybridized carbons (Fsp3) is 0.379. The third-order valence-corrected chi connectivity index (χ3v) is 6.79. The number of carbonyl (C=O) groups is 2. The molecule has 10 nitrogen and oxygen atoms in total. The first kappa shape index (κ1) is 28.0. The molecular weight excluding hydrogens is 494 g/mol. The van der Waals surface area contributed by atoms with Crippen LogP contribution >= 0.6 is 0 Å². The van der Waals surface area contributed by atoms with Crippen molar-refractivity contribution in [1.82, 2.24) is 20.3 Å². The Kier molecular flexibility index (Phi) is 10.2. The van der Waals surface area contributed by atoms with Crippen molar-refractivity contribution in [3.8, 4) is 11.3 Å². The molecule has 10 heteroatoms. The number of carbonyl (C=O) groups excluding carboxylic acids is 2. The molecule has 1 saturated heterocycles. The van der Waals surface area contributed by atoms with Gasteiger partial charge in [-0.1, -0.05) is 25.0 Å². The van der Waals surface area contributed by atoms with Gasteiger partial charge in [-0.15, -0.1) is 0 Å². The zero-order valence-corrected chi connectivity index (χ0v) is 22.4. The highest BCUT2D eigenvalue weighted by Crippen LogP contribution is 2.24. The first-order chi connectivity index (χ1) is 19.0. The van der Waals surface area contributed by atoms with Crippen molar-refractivity contribution in [2.75, 3.05) is 48.8 Å². The Hall–Kier alpha value is -4.02. The first-order valence-corrected chi connectivity index (χ1v) is 13.5. The topological polar surface area (TPSA) is 123 Å². The van der Waals surface area contributed by atoms with Crippen LogP contribution in [-0.2, 0) is 9.59 Å². The van der Waals surface area contributed by atoms with Gasteiger partial charge in [0.15, 0.2) is 0 Å². The molecule has 1 aliphatic heterocycles. The van der Waals surface area contributed by atoms with E-state index in [1.54, 1.807) is 11.7 Å². The molecule has 3 aromatic rings. The second kappa shape index (κ2) is 14.2. The van der Waals surface area contributed by atoms with Gasteiger partial charge in [-0.2, -0.15) is 0 Å². The Morgan fingerprint density at radius 1 is 0.821 bits per heavy atom. The number of nitrogens with zero attached hydrogens (tertiary/aromatic N) is 4. The van der Waals surface area contributed by atoms with E-state index in [-0.39, 0.29) is 11.8 Å². The van der Waals surface area contributed by atoms with E-state index in [9.17, 15) is 9.59 Å². The number of nitrogens with one attached hydrogen (secondary N) is 3. The van der Waals surface area contributed by atoms with Crippen LogP contribution in [0.3, 0.4) is 0 Å². The Balaban J connectivity index is 1.25. The van der Waals surface area contributed by atoms with Gasteiger partial charge in [0.05, 0.1) is 5.69 Å². The van der Waals surface area contributed by atoms with Crippen LogP contribution in [0.1, 0.15) is 38.5 Å². The Bertz CT molecular complexity index is 1210. The molecule has 1 aromatic heterocycles. The molecule has 0 bridgehead atoms. The highest BCUT2D eigenvalue weighted by atomic mass is 16.5. The van der Waals surface area contributed by atoms with Gasteiger partial charge < -0.3 is 20.4 Å².